The molecule has 2 amide bonds. The monoisotopic (exact) mass is 248 g/mol. The Labute approximate surface area is 103 Å². The van der Waals surface area contributed by atoms with Gasteiger partial charge in [0.1, 0.15) is 6.04 Å². The molecule has 2 rings (SSSR count). The van der Waals surface area contributed by atoms with Crippen molar-refractivity contribution in [2.75, 3.05) is 13.7 Å². The fraction of sp³-hybridized carbons (Fsp3) is 0.250. The molecular formula is C12H12N2O4. The van der Waals surface area contributed by atoms with E-state index in [4.69, 9.17) is 5.73 Å². The third-order valence-corrected chi connectivity index (χ3v) is 2.76. The highest BCUT2D eigenvalue weighted by Crippen LogP contribution is 2.22. The van der Waals surface area contributed by atoms with Crippen LogP contribution in [0.15, 0.2) is 24.3 Å². The molecule has 1 aromatic carbocycles. The van der Waals surface area contributed by atoms with Crippen molar-refractivity contribution >= 4 is 17.8 Å². The summed E-state index contributed by atoms with van der Waals surface area (Å²) in [5.41, 5.74) is 6.21. The molecule has 1 aliphatic heterocycles. The van der Waals surface area contributed by atoms with Crippen molar-refractivity contribution in [2.45, 2.75) is 6.04 Å². The maximum Gasteiger partial charge on any atom is 0.324 e. The zero-order valence-corrected chi connectivity index (χ0v) is 9.75. The van der Waals surface area contributed by atoms with Crippen LogP contribution in [0.5, 0.6) is 0 Å². The van der Waals surface area contributed by atoms with Crippen LogP contribution in [0.3, 0.4) is 0 Å². The van der Waals surface area contributed by atoms with Crippen molar-refractivity contribution in [1.29, 1.82) is 0 Å². The number of ether oxygens (including phenoxy) is 1. The molecule has 1 heterocycles. The highest BCUT2D eigenvalue weighted by atomic mass is 16.5. The lowest BCUT2D eigenvalue weighted by atomic mass is 10.1. The van der Waals surface area contributed by atoms with Crippen molar-refractivity contribution in [1.82, 2.24) is 4.90 Å². The minimum atomic E-state index is -1.03. The van der Waals surface area contributed by atoms with E-state index in [1.165, 1.54) is 7.11 Å². The lowest BCUT2D eigenvalue weighted by Gasteiger charge is -2.17. The van der Waals surface area contributed by atoms with Gasteiger partial charge < -0.3 is 10.5 Å². The number of hydrogen-bond acceptors (Lipinski definition) is 5. The molecule has 18 heavy (non-hydrogen) atoms. The number of esters is 1. The molecule has 0 spiro atoms. The molecule has 1 atom stereocenters. The number of carbonyl (C=O) groups is 3. The van der Waals surface area contributed by atoms with Gasteiger partial charge in [0.25, 0.3) is 11.8 Å². The summed E-state index contributed by atoms with van der Waals surface area (Å²) in [5, 5.41) is 0. The molecule has 0 saturated heterocycles. The molecule has 0 bridgehead atoms. The Morgan fingerprint density at radius 2 is 1.78 bits per heavy atom. The summed E-state index contributed by atoms with van der Waals surface area (Å²) in [7, 11) is 1.20. The Morgan fingerprint density at radius 1 is 1.28 bits per heavy atom. The Hall–Kier alpha value is -2.21. The first-order chi connectivity index (χ1) is 8.56. The quantitative estimate of drug-likeness (QED) is 0.590. The second kappa shape index (κ2) is 4.58. The fourth-order valence-corrected chi connectivity index (χ4v) is 1.83. The zero-order chi connectivity index (χ0) is 13.3. The summed E-state index contributed by atoms with van der Waals surface area (Å²) < 4.78 is 4.46. The number of imide groups is 1. The molecule has 0 radical (unpaired) electrons. The highest BCUT2D eigenvalue weighted by molar-refractivity contribution is 6.21. The minimum absolute atomic E-state index is 0.182. The van der Waals surface area contributed by atoms with Gasteiger partial charge in [0.15, 0.2) is 0 Å². The van der Waals surface area contributed by atoms with E-state index in [9.17, 15) is 14.4 Å². The van der Waals surface area contributed by atoms with Crippen LogP contribution in [0, 0.1) is 0 Å². The van der Waals surface area contributed by atoms with Gasteiger partial charge in [-0.25, -0.2) is 0 Å². The van der Waals surface area contributed by atoms with Gasteiger partial charge in [0.2, 0.25) is 0 Å². The Bertz CT molecular complexity index is 492. The van der Waals surface area contributed by atoms with Crippen molar-refractivity contribution in [3.63, 3.8) is 0 Å². The SMILES string of the molecule is COC(=O)[C@H](N)CN1C(=O)c2ccccc2C1=O. The van der Waals surface area contributed by atoms with Gasteiger partial charge in [-0.1, -0.05) is 12.1 Å². The van der Waals surface area contributed by atoms with E-state index in [0.717, 1.165) is 4.90 Å². The van der Waals surface area contributed by atoms with Crippen molar-refractivity contribution in [3.05, 3.63) is 35.4 Å². The van der Waals surface area contributed by atoms with Crippen LogP contribution in [0.4, 0.5) is 0 Å². The highest BCUT2D eigenvalue weighted by Gasteiger charge is 2.36. The topological polar surface area (TPSA) is 89.7 Å². The van der Waals surface area contributed by atoms with Gasteiger partial charge in [-0.15, -0.1) is 0 Å². The van der Waals surface area contributed by atoms with Crippen molar-refractivity contribution in [3.8, 4) is 0 Å². The number of nitrogens with zero attached hydrogens (tertiary/aromatic N) is 1. The lowest BCUT2D eigenvalue weighted by molar-refractivity contribution is -0.142. The molecule has 0 saturated carbocycles. The van der Waals surface area contributed by atoms with Gasteiger partial charge in [0, 0.05) is 0 Å². The van der Waals surface area contributed by atoms with E-state index >= 15 is 0 Å². The van der Waals surface area contributed by atoms with Crippen LogP contribution < -0.4 is 5.73 Å². The first-order valence-corrected chi connectivity index (χ1v) is 5.35. The van der Waals surface area contributed by atoms with E-state index in [0.29, 0.717) is 11.1 Å². The normalized spacial score (nSPS) is 15.6. The summed E-state index contributed by atoms with van der Waals surface area (Å²) in [5.74, 6) is -1.53. The van der Waals surface area contributed by atoms with Gasteiger partial charge in [0.05, 0.1) is 24.8 Å². The summed E-state index contributed by atoms with van der Waals surface area (Å²) >= 11 is 0. The maximum absolute atomic E-state index is 12.0. The summed E-state index contributed by atoms with van der Waals surface area (Å²) in [6.07, 6.45) is 0. The third-order valence-electron chi connectivity index (χ3n) is 2.76. The average Bonchev–Trinajstić information content (AvgIpc) is 2.63. The summed E-state index contributed by atoms with van der Waals surface area (Å²) in [4.78, 5) is 36.1. The molecular weight excluding hydrogens is 236 g/mol. The number of hydrogen-bond donors (Lipinski definition) is 1. The van der Waals surface area contributed by atoms with Gasteiger partial charge >= 0.3 is 5.97 Å². The van der Waals surface area contributed by atoms with Crippen LogP contribution in [0.1, 0.15) is 20.7 Å². The second-order valence-corrected chi connectivity index (χ2v) is 3.90. The summed E-state index contributed by atoms with van der Waals surface area (Å²) in [6, 6.07) is 5.46. The largest absolute Gasteiger partial charge is 0.468 e. The standard InChI is InChI=1S/C12H12N2O4/c1-18-12(17)9(13)6-14-10(15)7-4-2-3-5-8(7)11(14)16/h2-5,9H,6,13H2,1H3/t9-/m1/s1. The minimum Gasteiger partial charge on any atom is -0.468 e. The smallest absolute Gasteiger partial charge is 0.324 e. The molecule has 0 fully saturated rings. The molecule has 2 N–H and O–H groups in total. The van der Waals surface area contributed by atoms with Crippen LogP contribution >= 0.6 is 0 Å². The maximum atomic E-state index is 12.0. The molecule has 0 aliphatic carbocycles. The van der Waals surface area contributed by atoms with Crippen LogP contribution in [0.25, 0.3) is 0 Å². The van der Waals surface area contributed by atoms with Gasteiger partial charge in [-0.3, -0.25) is 19.3 Å². The number of amides is 2. The van der Waals surface area contributed by atoms with Crippen molar-refractivity contribution in [2.24, 2.45) is 5.73 Å². The van der Waals surface area contributed by atoms with Gasteiger partial charge in [-0.05, 0) is 12.1 Å². The Balaban J connectivity index is 2.21. The predicted octanol–water partition coefficient (Wildman–Crippen LogP) is -0.217. The van der Waals surface area contributed by atoms with Gasteiger partial charge in [-0.2, -0.15) is 0 Å². The number of methoxy groups -OCH3 is 1. The number of rotatable bonds is 3. The molecule has 1 aliphatic rings. The van der Waals surface area contributed by atoms with Crippen LogP contribution in [-0.4, -0.2) is 42.4 Å². The number of carbonyl (C=O) groups excluding carboxylic acids is 3. The zero-order valence-electron chi connectivity index (χ0n) is 9.75. The summed E-state index contributed by atoms with van der Waals surface area (Å²) in [6.45, 7) is -0.182. The van der Waals surface area contributed by atoms with E-state index in [2.05, 4.69) is 4.74 Å². The molecule has 6 nitrogen and oxygen atoms in total. The predicted molar refractivity (Wildman–Crippen MR) is 61.8 cm³/mol. The van der Waals surface area contributed by atoms with E-state index < -0.39 is 23.8 Å². The molecule has 0 unspecified atom stereocenters. The van der Waals surface area contributed by atoms with E-state index in [-0.39, 0.29) is 6.54 Å². The molecule has 94 valence electrons. The second-order valence-electron chi connectivity index (χ2n) is 3.90. The number of benzene rings is 1. The Kier molecular flexibility index (Phi) is 3.12. The molecule has 1 aromatic rings. The van der Waals surface area contributed by atoms with Crippen LogP contribution in [0.2, 0.25) is 0 Å². The molecule has 0 aromatic heterocycles. The average molecular weight is 248 g/mol. The third kappa shape index (κ3) is 1.86. The van der Waals surface area contributed by atoms with E-state index in [1.54, 1.807) is 24.3 Å². The number of fused-ring (bicyclic) bond motifs is 1. The lowest BCUT2D eigenvalue weighted by Crippen LogP contribution is -2.45. The molecule has 6 heteroatoms. The van der Waals surface area contributed by atoms with Crippen LogP contribution in [-0.2, 0) is 9.53 Å². The first-order valence-electron chi connectivity index (χ1n) is 5.35. The van der Waals surface area contributed by atoms with Crippen molar-refractivity contribution < 1.29 is 19.1 Å². The van der Waals surface area contributed by atoms with E-state index in [1.807, 2.05) is 0 Å². The first kappa shape index (κ1) is 12.3. The fourth-order valence-electron chi connectivity index (χ4n) is 1.83. The Morgan fingerprint density at radius 3 is 2.22 bits per heavy atom. The number of nitrogens with two attached hydrogens (primary N) is 1.